The van der Waals surface area contributed by atoms with Crippen molar-refractivity contribution in [2.45, 2.75) is 25.9 Å². The number of hydrogen-bond acceptors (Lipinski definition) is 3. The van der Waals surface area contributed by atoms with Crippen molar-refractivity contribution in [3.63, 3.8) is 0 Å². The first-order valence-corrected chi connectivity index (χ1v) is 4.32. The van der Waals surface area contributed by atoms with Crippen molar-refractivity contribution in [2.24, 2.45) is 0 Å². The fourth-order valence-electron chi connectivity index (χ4n) is 0.948. The third-order valence-corrected chi connectivity index (χ3v) is 1.69. The lowest BCUT2D eigenvalue weighted by Gasteiger charge is -2.06. The van der Waals surface area contributed by atoms with Crippen LogP contribution in [0.3, 0.4) is 0 Å². The van der Waals surface area contributed by atoms with Crippen molar-refractivity contribution in [3.05, 3.63) is 17.8 Å². The van der Waals surface area contributed by atoms with Crippen LogP contribution < -0.4 is 5.32 Å². The van der Waals surface area contributed by atoms with E-state index >= 15 is 0 Å². The van der Waals surface area contributed by atoms with Gasteiger partial charge >= 0.3 is 0 Å². The second-order valence-corrected chi connectivity index (χ2v) is 3.47. The Hall–Kier alpha value is -0.900. The van der Waals surface area contributed by atoms with Crippen LogP contribution in [0.15, 0.2) is 10.7 Å². The summed E-state index contributed by atoms with van der Waals surface area (Å²) >= 11 is 0. The Morgan fingerprint density at radius 1 is 1.62 bits per heavy atom. The fraction of sp³-hybridized carbons (Fsp3) is 0.667. The van der Waals surface area contributed by atoms with E-state index in [-0.39, 0.29) is 5.89 Å². The molecule has 0 aromatic carbocycles. The molecule has 1 rings (SSSR count). The minimum Gasteiger partial charge on any atom is -0.445 e. The number of alkyl halides is 1. The number of nitrogens with zero attached hydrogens (tertiary/aromatic N) is 1. The predicted octanol–water partition coefficient (Wildman–Crippen LogP) is 1.64. The highest BCUT2D eigenvalue weighted by molar-refractivity contribution is 5.02. The minimum atomic E-state index is -1.49. The number of aromatic nitrogens is 1. The average Bonchev–Trinajstić information content (AvgIpc) is 2.47. The van der Waals surface area contributed by atoms with E-state index in [0.29, 0.717) is 0 Å². The summed E-state index contributed by atoms with van der Waals surface area (Å²) in [6.07, 6.45) is 2.27. The Balaban J connectivity index is 2.64. The summed E-state index contributed by atoms with van der Waals surface area (Å²) in [6.45, 7) is 3.68. The first kappa shape index (κ1) is 10.2. The zero-order valence-corrected chi connectivity index (χ0v) is 8.22. The second kappa shape index (κ2) is 3.87. The quantitative estimate of drug-likeness (QED) is 0.776. The lowest BCUT2D eigenvalue weighted by molar-refractivity contribution is 0.170. The van der Waals surface area contributed by atoms with Gasteiger partial charge in [0.15, 0.2) is 5.67 Å². The van der Waals surface area contributed by atoms with Gasteiger partial charge in [0, 0.05) is 13.0 Å². The average molecular weight is 186 g/mol. The van der Waals surface area contributed by atoms with Crippen molar-refractivity contribution in [2.75, 3.05) is 13.6 Å². The summed E-state index contributed by atoms with van der Waals surface area (Å²) in [7, 11) is 1.86. The van der Waals surface area contributed by atoms with E-state index in [0.717, 1.165) is 18.7 Å². The summed E-state index contributed by atoms with van der Waals surface area (Å²) in [5.74, 6) is 0.151. The number of nitrogens with one attached hydrogen (secondary N) is 1. The summed E-state index contributed by atoms with van der Waals surface area (Å²) in [6, 6.07) is 0. The second-order valence-electron chi connectivity index (χ2n) is 3.47. The number of oxazole rings is 1. The van der Waals surface area contributed by atoms with Crippen molar-refractivity contribution in [3.8, 4) is 0 Å². The predicted molar refractivity (Wildman–Crippen MR) is 48.3 cm³/mol. The van der Waals surface area contributed by atoms with Crippen LogP contribution in [0.5, 0.6) is 0 Å². The van der Waals surface area contributed by atoms with Gasteiger partial charge < -0.3 is 9.73 Å². The van der Waals surface area contributed by atoms with Crippen LogP contribution in [0.1, 0.15) is 25.4 Å². The molecule has 0 aliphatic heterocycles. The lowest BCUT2D eigenvalue weighted by Crippen LogP contribution is -2.12. The number of rotatable bonds is 4. The maximum Gasteiger partial charge on any atom is 0.231 e. The molecule has 1 aromatic heterocycles. The van der Waals surface area contributed by atoms with E-state index < -0.39 is 5.67 Å². The first-order valence-electron chi connectivity index (χ1n) is 4.32. The molecule has 0 radical (unpaired) electrons. The molecule has 0 aliphatic rings. The van der Waals surface area contributed by atoms with Gasteiger partial charge in [0.05, 0.1) is 5.69 Å². The van der Waals surface area contributed by atoms with Crippen LogP contribution in [0, 0.1) is 0 Å². The number of halogens is 1. The van der Waals surface area contributed by atoms with Crippen LogP contribution >= 0.6 is 0 Å². The molecular weight excluding hydrogens is 171 g/mol. The monoisotopic (exact) mass is 186 g/mol. The maximum absolute atomic E-state index is 13.3. The SMILES string of the molecule is CNCCc1coc(C(C)(C)F)n1. The molecule has 0 spiro atoms. The summed E-state index contributed by atoms with van der Waals surface area (Å²) < 4.78 is 18.3. The van der Waals surface area contributed by atoms with E-state index in [9.17, 15) is 4.39 Å². The van der Waals surface area contributed by atoms with Gasteiger partial charge in [-0.2, -0.15) is 0 Å². The van der Waals surface area contributed by atoms with Crippen molar-refractivity contribution < 1.29 is 8.81 Å². The fourth-order valence-corrected chi connectivity index (χ4v) is 0.948. The molecule has 0 unspecified atom stereocenters. The molecule has 1 heterocycles. The minimum absolute atomic E-state index is 0.151. The molecule has 0 fully saturated rings. The Morgan fingerprint density at radius 2 is 2.31 bits per heavy atom. The zero-order chi connectivity index (χ0) is 9.90. The molecule has 74 valence electrons. The molecule has 4 heteroatoms. The Morgan fingerprint density at radius 3 is 2.77 bits per heavy atom. The van der Waals surface area contributed by atoms with Gasteiger partial charge in [0.1, 0.15) is 6.26 Å². The molecule has 0 saturated heterocycles. The van der Waals surface area contributed by atoms with Gasteiger partial charge in [-0.3, -0.25) is 0 Å². The van der Waals surface area contributed by atoms with Crippen LogP contribution in [0.4, 0.5) is 4.39 Å². The van der Waals surface area contributed by atoms with Gasteiger partial charge in [-0.05, 0) is 20.9 Å². The van der Waals surface area contributed by atoms with E-state index in [1.807, 2.05) is 7.05 Å². The summed E-state index contributed by atoms with van der Waals surface area (Å²) in [4.78, 5) is 4.04. The third-order valence-electron chi connectivity index (χ3n) is 1.69. The Labute approximate surface area is 77.4 Å². The molecule has 3 nitrogen and oxygen atoms in total. The number of likely N-dealkylation sites (N-methyl/N-ethyl adjacent to an activating group) is 1. The molecular formula is C9H15FN2O. The topological polar surface area (TPSA) is 38.1 Å². The molecule has 1 aromatic rings. The molecule has 0 saturated carbocycles. The van der Waals surface area contributed by atoms with Crippen molar-refractivity contribution >= 4 is 0 Å². The lowest BCUT2D eigenvalue weighted by atomic mass is 10.2. The highest BCUT2D eigenvalue weighted by Crippen LogP contribution is 2.23. The number of hydrogen-bond donors (Lipinski definition) is 1. The van der Waals surface area contributed by atoms with Gasteiger partial charge in [-0.1, -0.05) is 0 Å². The molecule has 1 N–H and O–H groups in total. The molecule has 0 atom stereocenters. The highest BCUT2D eigenvalue weighted by Gasteiger charge is 2.24. The van der Waals surface area contributed by atoms with Crippen molar-refractivity contribution in [1.29, 1.82) is 0 Å². The van der Waals surface area contributed by atoms with Gasteiger partial charge in [0.25, 0.3) is 0 Å². The highest BCUT2D eigenvalue weighted by atomic mass is 19.1. The first-order chi connectivity index (χ1) is 6.04. The third kappa shape index (κ3) is 2.81. The van der Waals surface area contributed by atoms with Gasteiger partial charge in [-0.25, -0.2) is 9.37 Å². The van der Waals surface area contributed by atoms with Gasteiger partial charge in [0.2, 0.25) is 5.89 Å². The van der Waals surface area contributed by atoms with E-state index in [1.165, 1.54) is 20.1 Å². The van der Waals surface area contributed by atoms with Crippen molar-refractivity contribution in [1.82, 2.24) is 10.3 Å². The Bertz CT molecular complexity index is 265. The van der Waals surface area contributed by atoms with Gasteiger partial charge in [-0.15, -0.1) is 0 Å². The van der Waals surface area contributed by atoms with Crippen LogP contribution in [-0.4, -0.2) is 18.6 Å². The molecule has 0 bridgehead atoms. The zero-order valence-electron chi connectivity index (χ0n) is 8.22. The van der Waals surface area contributed by atoms with Crippen LogP contribution in [0.25, 0.3) is 0 Å². The largest absolute Gasteiger partial charge is 0.445 e. The van der Waals surface area contributed by atoms with Crippen LogP contribution in [0.2, 0.25) is 0 Å². The normalized spacial score (nSPS) is 12.0. The van der Waals surface area contributed by atoms with E-state index in [2.05, 4.69) is 10.3 Å². The molecule has 0 aliphatic carbocycles. The smallest absolute Gasteiger partial charge is 0.231 e. The summed E-state index contributed by atoms with van der Waals surface area (Å²) in [5, 5.41) is 2.99. The molecule has 13 heavy (non-hydrogen) atoms. The maximum atomic E-state index is 13.3. The van der Waals surface area contributed by atoms with Crippen LogP contribution in [-0.2, 0) is 12.1 Å². The van der Waals surface area contributed by atoms with E-state index in [1.54, 1.807) is 0 Å². The Kier molecular flexibility index (Phi) is 3.03. The summed E-state index contributed by atoms with van der Waals surface area (Å²) in [5.41, 5.74) is -0.701. The van der Waals surface area contributed by atoms with E-state index in [4.69, 9.17) is 4.42 Å². The standard InChI is InChI=1S/C9H15FN2O/c1-9(2,10)8-12-7(6-13-8)4-5-11-3/h6,11H,4-5H2,1-3H3. The molecule has 0 amide bonds.